The summed E-state index contributed by atoms with van der Waals surface area (Å²) in [7, 11) is 0. The molecule has 0 saturated heterocycles. The summed E-state index contributed by atoms with van der Waals surface area (Å²) >= 11 is 0. The fourth-order valence-electron chi connectivity index (χ4n) is 3.16. The largest absolute Gasteiger partial charge is 0.508 e. The van der Waals surface area contributed by atoms with Crippen molar-refractivity contribution in [2.45, 2.75) is 13.0 Å². The molecule has 0 aliphatic carbocycles. The van der Waals surface area contributed by atoms with Gasteiger partial charge in [0.2, 0.25) is 0 Å². The van der Waals surface area contributed by atoms with Crippen LogP contribution in [0.3, 0.4) is 0 Å². The average Bonchev–Trinajstić information content (AvgIpc) is 3.09. The normalized spacial score (nSPS) is 10.8. The number of phenols is 1. The maximum atomic E-state index is 12.2. The summed E-state index contributed by atoms with van der Waals surface area (Å²) in [4.78, 5) is 15.7. The first kappa shape index (κ1) is 16.9. The molecule has 4 heteroatoms. The molecule has 0 aliphatic rings. The molecular formula is C23H20N2O2. The van der Waals surface area contributed by atoms with Crippen LogP contribution in [-0.4, -0.2) is 16.0 Å². The van der Waals surface area contributed by atoms with E-state index in [2.05, 4.69) is 34.6 Å². The van der Waals surface area contributed by atoms with E-state index in [1.165, 1.54) is 23.4 Å². The van der Waals surface area contributed by atoms with Crippen molar-refractivity contribution >= 4 is 16.8 Å². The Labute approximate surface area is 157 Å². The van der Waals surface area contributed by atoms with Gasteiger partial charge in [0.1, 0.15) is 5.75 Å². The molecule has 4 rings (SSSR count). The molecule has 0 radical (unpaired) electrons. The number of hydrogen-bond donors (Lipinski definition) is 3. The van der Waals surface area contributed by atoms with Crippen molar-refractivity contribution in [1.82, 2.24) is 10.3 Å². The van der Waals surface area contributed by atoms with E-state index in [4.69, 9.17) is 0 Å². The van der Waals surface area contributed by atoms with Crippen molar-refractivity contribution in [1.29, 1.82) is 0 Å². The molecule has 27 heavy (non-hydrogen) atoms. The zero-order chi connectivity index (χ0) is 18.6. The molecule has 0 saturated carbocycles. The highest BCUT2D eigenvalue weighted by molar-refractivity contribution is 5.94. The van der Waals surface area contributed by atoms with E-state index in [-0.39, 0.29) is 11.7 Å². The van der Waals surface area contributed by atoms with Gasteiger partial charge in [-0.05, 0) is 59.0 Å². The third kappa shape index (κ3) is 4.01. The molecule has 1 amide bonds. The van der Waals surface area contributed by atoms with E-state index >= 15 is 0 Å². The molecule has 0 fully saturated rings. The fourth-order valence-corrected chi connectivity index (χ4v) is 3.16. The predicted octanol–water partition coefficient (Wildman–Crippen LogP) is 4.39. The van der Waals surface area contributed by atoms with Crippen molar-refractivity contribution in [3.63, 3.8) is 0 Å². The predicted molar refractivity (Wildman–Crippen MR) is 107 cm³/mol. The number of aromatic nitrogens is 1. The first-order valence-corrected chi connectivity index (χ1v) is 8.89. The molecule has 134 valence electrons. The van der Waals surface area contributed by atoms with E-state index in [0.29, 0.717) is 12.1 Å². The second kappa shape index (κ2) is 7.38. The summed E-state index contributed by atoms with van der Waals surface area (Å²) in [6.45, 7) is 0.453. The molecule has 0 atom stereocenters. The minimum Gasteiger partial charge on any atom is -0.508 e. The van der Waals surface area contributed by atoms with Gasteiger partial charge in [0, 0.05) is 29.7 Å². The van der Waals surface area contributed by atoms with E-state index < -0.39 is 0 Å². The number of carbonyl (C=O) groups is 1. The molecule has 1 heterocycles. The van der Waals surface area contributed by atoms with Crippen molar-refractivity contribution in [2.75, 3.05) is 0 Å². The van der Waals surface area contributed by atoms with Crippen LogP contribution in [0.2, 0.25) is 0 Å². The number of hydrogen-bond acceptors (Lipinski definition) is 2. The van der Waals surface area contributed by atoms with Gasteiger partial charge in [-0.1, -0.05) is 36.4 Å². The lowest BCUT2D eigenvalue weighted by Gasteiger charge is -2.06. The van der Waals surface area contributed by atoms with E-state index in [1.54, 1.807) is 12.1 Å². The monoisotopic (exact) mass is 356 g/mol. The van der Waals surface area contributed by atoms with Gasteiger partial charge >= 0.3 is 0 Å². The maximum Gasteiger partial charge on any atom is 0.251 e. The topological polar surface area (TPSA) is 65.1 Å². The van der Waals surface area contributed by atoms with Gasteiger partial charge in [-0.3, -0.25) is 4.79 Å². The molecular weight excluding hydrogens is 336 g/mol. The second-order valence-corrected chi connectivity index (χ2v) is 6.61. The van der Waals surface area contributed by atoms with Crippen molar-refractivity contribution in [3.05, 3.63) is 101 Å². The number of H-pyrrole nitrogens is 1. The first-order chi connectivity index (χ1) is 13.2. The number of aromatic amines is 1. The summed E-state index contributed by atoms with van der Waals surface area (Å²) < 4.78 is 0. The van der Waals surface area contributed by atoms with Crippen LogP contribution in [0, 0.1) is 0 Å². The van der Waals surface area contributed by atoms with E-state index in [9.17, 15) is 9.90 Å². The Balaban J connectivity index is 1.45. The smallest absolute Gasteiger partial charge is 0.251 e. The molecule has 4 nitrogen and oxygen atoms in total. The Morgan fingerprint density at radius 2 is 1.67 bits per heavy atom. The Hall–Kier alpha value is -3.53. The maximum absolute atomic E-state index is 12.2. The lowest BCUT2D eigenvalue weighted by molar-refractivity contribution is 0.0951. The molecule has 0 spiro atoms. The zero-order valence-electron chi connectivity index (χ0n) is 14.8. The highest BCUT2D eigenvalue weighted by Gasteiger charge is 2.07. The summed E-state index contributed by atoms with van der Waals surface area (Å²) in [5, 5.41) is 13.4. The van der Waals surface area contributed by atoms with Gasteiger partial charge < -0.3 is 15.4 Å². The molecule has 0 aliphatic heterocycles. The number of nitrogens with one attached hydrogen (secondary N) is 2. The summed E-state index contributed by atoms with van der Waals surface area (Å²) in [6.07, 6.45) is 0.864. The minimum atomic E-state index is -0.158. The number of fused-ring (bicyclic) bond motifs is 1. The Kier molecular flexibility index (Phi) is 4.62. The summed E-state index contributed by atoms with van der Waals surface area (Å²) in [5.74, 6) is -0.00954. The van der Waals surface area contributed by atoms with Crippen LogP contribution >= 0.6 is 0 Å². The Bertz CT molecular complexity index is 1070. The van der Waals surface area contributed by atoms with E-state index in [1.807, 2.05) is 30.3 Å². The molecule has 0 unspecified atom stereocenters. The average molecular weight is 356 g/mol. The third-order valence-corrected chi connectivity index (χ3v) is 4.56. The van der Waals surface area contributed by atoms with Gasteiger partial charge in [0.05, 0.1) is 0 Å². The highest BCUT2D eigenvalue weighted by Crippen LogP contribution is 2.19. The standard InChI is InChI=1S/C23H20N2O2/c26-21-9-7-18(8-10-21)23(27)24-15-17-6-11-22-19(12-17)14-20(25-22)13-16-4-2-1-3-5-16/h1-12,14,25-26H,13,15H2,(H,24,27). The number of aromatic hydroxyl groups is 1. The van der Waals surface area contributed by atoms with Gasteiger partial charge in [-0.15, -0.1) is 0 Å². The quantitative estimate of drug-likeness (QED) is 0.496. The van der Waals surface area contributed by atoms with Crippen molar-refractivity contribution in [2.24, 2.45) is 0 Å². The molecule has 3 aromatic carbocycles. The summed E-state index contributed by atoms with van der Waals surface area (Å²) in [6, 6.07) is 24.9. The van der Waals surface area contributed by atoms with Crippen LogP contribution in [-0.2, 0) is 13.0 Å². The van der Waals surface area contributed by atoms with Gasteiger partial charge in [-0.25, -0.2) is 0 Å². The number of carbonyl (C=O) groups excluding carboxylic acids is 1. The lowest BCUT2D eigenvalue weighted by Crippen LogP contribution is -2.22. The Morgan fingerprint density at radius 1 is 0.889 bits per heavy atom. The molecule has 0 bridgehead atoms. The van der Waals surface area contributed by atoms with Crippen molar-refractivity contribution < 1.29 is 9.90 Å². The second-order valence-electron chi connectivity index (χ2n) is 6.61. The third-order valence-electron chi connectivity index (χ3n) is 4.56. The first-order valence-electron chi connectivity index (χ1n) is 8.89. The molecule has 3 N–H and O–H groups in total. The Morgan fingerprint density at radius 3 is 2.44 bits per heavy atom. The number of phenolic OH excluding ortho intramolecular Hbond substituents is 1. The minimum absolute atomic E-state index is 0.149. The van der Waals surface area contributed by atoms with Crippen LogP contribution in [0.5, 0.6) is 5.75 Å². The van der Waals surface area contributed by atoms with Crippen LogP contribution in [0.4, 0.5) is 0 Å². The number of benzene rings is 3. The fraction of sp³-hybridized carbons (Fsp3) is 0.0870. The van der Waals surface area contributed by atoms with Crippen LogP contribution in [0.15, 0.2) is 78.9 Å². The summed E-state index contributed by atoms with van der Waals surface area (Å²) in [5.41, 5.74) is 5.10. The molecule has 1 aromatic heterocycles. The van der Waals surface area contributed by atoms with Gasteiger partial charge in [0.15, 0.2) is 0 Å². The van der Waals surface area contributed by atoms with Crippen LogP contribution in [0.1, 0.15) is 27.2 Å². The van der Waals surface area contributed by atoms with Crippen LogP contribution < -0.4 is 5.32 Å². The highest BCUT2D eigenvalue weighted by atomic mass is 16.3. The van der Waals surface area contributed by atoms with Crippen LogP contribution in [0.25, 0.3) is 10.9 Å². The van der Waals surface area contributed by atoms with Gasteiger partial charge in [0.25, 0.3) is 5.91 Å². The lowest BCUT2D eigenvalue weighted by atomic mass is 10.1. The number of rotatable bonds is 5. The SMILES string of the molecule is O=C(NCc1ccc2[nH]c(Cc3ccccc3)cc2c1)c1ccc(O)cc1. The van der Waals surface area contributed by atoms with Crippen molar-refractivity contribution in [3.8, 4) is 5.75 Å². The van der Waals surface area contributed by atoms with Gasteiger partial charge in [-0.2, -0.15) is 0 Å². The van der Waals surface area contributed by atoms with E-state index in [0.717, 1.165) is 22.9 Å². The number of amides is 1. The zero-order valence-corrected chi connectivity index (χ0v) is 14.8. The molecule has 4 aromatic rings.